The highest BCUT2D eigenvalue weighted by atomic mass is 32.2. The SMILES string of the molecule is COC(C#C[C@H](CS(=O)(=O)c1ccccc1)O[C@@H]1O[C@H](CO[Si](c2ccccc2)(c2ccccc2)C(C)(C)C)C=C[C@H]1O)C[C@@H]1COC(C)(C)O1. The number of ether oxygens (including phenoxy) is 5. The molecule has 9 nitrogen and oxygen atoms in total. The summed E-state index contributed by atoms with van der Waals surface area (Å²) in [6, 6.07) is 28.7. The second kappa shape index (κ2) is 16.7. The number of hydrogen-bond acceptors (Lipinski definition) is 9. The van der Waals surface area contributed by atoms with Crippen LogP contribution in [-0.4, -0.2) is 90.5 Å². The van der Waals surface area contributed by atoms with Crippen molar-refractivity contribution in [2.75, 3.05) is 26.1 Å². The first kappa shape index (κ1) is 39.1. The Labute approximate surface area is 303 Å². The molecule has 1 N–H and O–H groups in total. The number of benzene rings is 3. The van der Waals surface area contributed by atoms with Gasteiger partial charge in [0.05, 0.1) is 30.0 Å². The molecule has 0 bridgehead atoms. The van der Waals surface area contributed by atoms with Crippen LogP contribution in [0.4, 0.5) is 0 Å². The van der Waals surface area contributed by atoms with Crippen LogP contribution in [0.15, 0.2) is 108 Å². The molecule has 51 heavy (non-hydrogen) atoms. The number of sulfone groups is 1. The van der Waals surface area contributed by atoms with Gasteiger partial charge in [0.25, 0.3) is 8.32 Å². The molecule has 3 aromatic rings. The lowest BCUT2D eigenvalue weighted by Gasteiger charge is -2.44. The van der Waals surface area contributed by atoms with Crippen molar-refractivity contribution in [1.29, 1.82) is 0 Å². The van der Waals surface area contributed by atoms with Gasteiger partial charge in [0.1, 0.15) is 24.4 Å². The van der Waals surface area contributed by atoms with E-state index in [9.17, 15) is 13.5 Å². The maximum absolute atomic E-state index is 13.5. The van der Waals surface area contributed by atoms with Crippen LogP contribution in [0.2, 0.25) is 5.04 Å². The lowest BCUT2D eigenvalue weighted by Crippen LogP contribution is -2.67. The Hall–Kier alpha value is -3.15. The van der Waals surface area contributed by atoms with Gasteiger partial charge in [-0.15, -0.1) is 0 Å². The van der Waals surface area contributed by atoms with E-state index in [0.29, 0.717) is 13.0 Å². The molecular weight excluding hydrogens is 685 g/mol. The van der Waals surface area contributed by atoms with E-state index in [4.69, 9.17) is 28.1 Å². The highest BCUT2D eigenvalue weighted by Gasteiger charge is 2.50. The summed E-state index contributed by atoms with van der Waals surface area (Å²) in [4.78, 5) is 0.143. The van der Waals surface area contributed by atoms with Gasteiger partial charge < -0.3 is 33.2 Å². The Kier molecular flexibility index (Phi) is 12.8. The Morgan fingerprint density at radius 1 is 0.902 bits per heavy atom. The molecule has 1 fully saturated rings. The van der Waals surface area contributed by atoms with E-state index in [1.807, 2.05) is 50.2 Å². The molecule has 0 spiro atoms. The van der Waals surface area contributed by atoms with E-state index >= 15 is 0 Å². The van der Waals surface area contributed by atoms with Crippen molar-refractivity contribution in [3.05, 3.63) is 103 Å². The third-order valence-electron chi connectivity index (χ3n) is 9.00. The van der Waals surface area contributed by atoms with Crippen LogP contribution in [0.3, 0.4) is 0 Å². The number of aliphatic hydroxyl groups is 1. The first-order valence-electron chi connectivity index (χ1n) is 17.3. The van der Waals surface area contributed by atoms with E-state index in [2.05, 4.69) is 56.9 Å². The van der Waals surface area contributed by atoms with Crippen LogP contribution in [0.25, 0.3) is 0 Å². The summed E-state index contributed by atoms with van der Waals surface area (Å²) in [5.41, 5.74) is 0. The zero-order chi connectivity index (χ0) is 36.7. The highest BCUT2D eigenvalue weighted by Crippen LogP contribution is 2.37. The molecule has 1 unspecified atom stereocenters. The van der Waals surface area contributed by atoms with E-state index in [0.717, 1.165) is 10.4 Å². The molecular formula is C40H50O9SSi. The summed E-state index contributed by atoms with van der Waals surface area (Å²) in [5.74, 6) is 4.86. The Bertz CT molecular complexity index is 1710. The van der Waals surface area contributed by atoms with Crippen molar-refractivity contribution < 1.29 is 41.6 Å². The van der Waals surface area contributed by atoms with Crippen molar-refractivity contribution in [3.63, 3.8) is 0 Å². The van der Waals surface area contributed by atoms with Crippen molar-refractivity contribution >= 4 is 28.5 Å². The first-order valence-corrected chi connectivity index (χ1v) is 20.8. The Balaban J connectivity index is 1.37. The lowest BCUT2D eigenvalue weighted by atomic mass is 10.1. The zero-order valence-corrected chi connectivity index (χ0v) is 32.0. The minimum Gasteiger partial charge on any atom is -0.404 e. The van der Waals surface area contributed by atoms with E-state index < -0.39 is 60.4 Å². The van der Waals surface area contributed by atoms with Gasteiger partial charge in [-0.3, -0.25) is 0 Å². The van der Waals surface area contributed by atoms with Crippen LogP contribution in [0.1, 0.15) is 41.0 Å². The molecule has 0 aliphatic carbocycles. The van der Waals surface area contributed by atoms with Gasteiger partial charge in [-0.05, 0) is 41.4 Å². The van der Waals surface area contributed by atoms with Crippen LogP contribution < -0.4 is 10.4 Å². The summed E-state index contributed by atoms with van der Waals surface area (Å²) in [5, 5.41) is 13.0. The molecule has 2 aliphatic rings. The van der Waals surface area contributed by atoms with E-state index in [1.165, 1.54) is 19.2 Å². The Morgan fingerprint density at radius 3 is 2.00 bits per heavy atom. The molecule has 274 valence electrons. The molecule has 3 aromatic carbocycles. The molecule has 5 rings (SSSR count). The normalized spacial score (nSPS) is 23.3. The predicted octanol–water partition coefficient (Wildman–Crippen LogP) is 4.62. The standard InChI is InChI=1S/C40H50O9SSi/c1-39(2,3)51(35-18-12-8-13-19-35,36-20-14-9-15-21-36)46-28-31-24-25-37(41)38(47-31)48-32(29-50(42,43)34-16-10-7-11-17-34)23-22-30(44-6)26-33-27-45-40(4,5)49-33/h7-21,24-25,30-33,37-38,41H,26-29H2,1-6H3/t30?,31-,32+,33+,37+,38-/m0/s1. The number of aliphatic hydroxyl groups excluding tert-OH is 1. The van der Waals surface area contributed by atoms with Crippen LogP contribution >= 0.6 is 0 Å². The number of hydrogen-bond donors (Lipinski definition) is 1. The minimum absolute atomic E-state index is 0.143. The summed E-state index contributed by atoms with van der Waals surface area (Å²) in [7, 11) is -5.17. The van der Waals surface area contributed by atoms with Crippen molar-refractivity contribution in [2.24, 2.45) is 0 Å². The third-order valence-corrected chi connectivity index (χ3v) is 15.7. The summed E-state index contributed by atoms with van der Waals surface area (Å²) >= 11 is 0. The van der Waals surface area contributed by atoms with Crippen molar-refractivity contribution in [2.45, 2.75) is 93.6 Å². The maximum Gasteiger partial charge on any atom is 0.261 e. The van der Waals surface area contributed by atoms with Gasteiger partial charge in [-0.25, -0.2) is 8.42 Å². The molecule has 2 aliphatic heterocycles. The molecule has 0 amide bonds. The highest BCUT2D eigenvalue weighted by molar-refractivity contribution is 7.91. The first-order chi connectivity index (χ1) is 24.2. The maximum atomic E-state index is 13.5. The number of methoxy groups -OCH3 is 1. The second-order valence-corrected chi connectivity index (χ2v) is 20.7. The van der Waals surface area contributed by atoms with E-state index in [-0.39, 0.29) is 22.6 Å². The monoisotopic (exact) mass is 734 g/mol. The molecule has 0 aromatic heterocycles. The van der Waals surface area contributed by atoms with Crippen molar-refractivity contribution in [3.8, 4) is 11.8 Å². The fourth-order valence-electron chi connectivity index (χ4n) is 6.52. The van der Waals surface area contributed by atoms with Gasteiger partial charge in [0.15, 0.2) is 21.9 Å². The number of rotatable bonds is 13. The molecule has 6 atom stereocenters. The van der Waals surface area contributed by atoms with Gasteiger partial charge in [-0.2, -0.15) is 0 Å². The quantitative estimate of drug-likeness (QED) is 0.153. The smallest absolute Gasteiger partial charge is 0.261 e. The summed E-state index contributed by atoms with van der Waals surface area (Å²) in [6.07, 6.45) is -1.17. The Morgan fingerprint density at radius 2 is 1.47 bits per heavy atom. The van der Waals surface area contributed by atoms with E-state index in [1.54, 1.807) is 30.4 Å². The average Bonchev–Trinajstić information content (AvgIpc) is 3.46. The zero-order valence-electron chi connectivity index (χ0n) is 30.2. The van der Waals surface area contributed by atoms with Crippen LogP contribution in [0, 0.1) is 11.8 Å². The van der Waals surface area contributed by atoms with Crippen LogP contribution in [-0.2, 0) is 37.9 Å². The average molecular weight is 735 g/mol. The van der Waals surface area contributed by atoms with Gasteiger partial charge in [-0.1, -0.05) is 124 Å². The van der Waals surface area contributed by atoms with Gasteiger partial charge in [0.2, 0.25) is 0 Å². The topological polar surface area (TPSA) is 110 Å². The third kappa shape index (κ3) is 9.84. The van der Waals surface area contributed by atoms with Crippen molar-refractivity contribution in [1.82, 2.24) is 0 Å². The lowest BCUT2D eigenvalue weighted by molar-refractivity contribution is -0.216. The molecule has 0 radical (unpaired) electrons. The summed E-state index contributed by atoms with van der Waals surface area (Å²) in [6.45, 7) is 10.9. The second-order valence-electron chi connectivity index (χ2n) is 14.3. The molecule has 1 saturated heterocycles. The van der Waals surface area contributed by atoms with Gasteiger partial charge in [0, 0.05) is 13.5 Å². The van der Waals surface area contributed by atoms with Crippen LogP contribution in [0.5, 0.6) is 0 Å². The molecule has 2 heterocycles. The molecule has 11 heteroatoms. The summed E-state index contributed by atoms with van der Waals surface area (Å²) < 4.78 is 63.9. The minimum atomic E-state index is -3.83. The fraction of sp³-hybridized carbons (Fsp3) is 0.450. The predicted molar refractivity (Wildman–Crippen MR) is 199 cm³/mol. The fourth-order valence-corrected chi connectivity index (χ4v) is 12.4. The largest absolute Gasteiger partial charge is 0.404 e. The molecule has 0 saturated carbocycles. The van der Waals surface area contributed by atoms with Gasteiger partial charge >= 0.3 is 0 Å².